The van der Waals surface area contributed by atoms with Gasteiger partial charge in [0.15, 0.2) is 5.82 Å². The molecule has 0 aliphatic carbocycles. The number of rotatable bonds is 5. The lowest BCUT2D eigenvalue weighted by atomic mass is 10.2. The van der Waals surface area contributed by atoms with Crippen LogP contribution < -0.4 is 11.1 Å². The van der Waals surface area contributed by atoms with Crippen molar-refractivity contribution in [3.63, 3.8) is 0 Å². The molecule has 21 heavy (non-hydrogen) atoms. The molecule has 0 fully saturated rings. The number of nitrogens with two attached hydrogens (primary N) is 1. The van der Waals surface area contributed by atoms with E-state index in [9.17, 15) is 4.79 Å². The Kier molecular flexibility index (Phi) is 4.78. The van der Waals surface area contributed by atoms with Gasteiger partial charge in [0.05, 0.1) is 5.56 Å². The Morgan fingerprint density at radius 2 is 2.05 bits per heavy atom. The fourth-order valence-electron chi connectivity index (χ4n) is 1.70. The summed E-state index contributed by atoms with van der Waals surface area (Å²) in [5.74, 6) is 0.370. The van der Waals surface area contributed by atoms with Gasteiger partial charge in [0.25, 0.3) is 5.91 Å². The van der Waals surface area contributed by atoms with Crippen LogP contribution in [0, 0.1) is 0 Å². The minimum absolute atomic E-state index is 0.166. The molecule has 3 N–H and O–H groups in total. The molecule has 0 spiro atoms. The Hall–Kier alpha value is -2.54. The summed E-state index contributed by atoms with van der Waals surface area (Å²) in [5, 5.41) is 2.78. The minimum Gasteiger partial charge on any atom is -0.383 e. The summed E-state index contributed by atoms with van der Waals surface area (Å²) in [7, 11) is 3.88. The highest BCUT2D eigenvalue weighted by Crippen LogP contribution is 2.16. The van der Waals surface area contributed by atoms with Gasteiger partial charge in [-0.25, -0.2) is 9.97 Å². The van der Waals surface area contributed by atoms with Gasteiger partial charge in [0, 0.05) is 37.2 Å². The highest BCUT2D eigenvalue weighted by atomic mass is 16.1. The summed E-state index contributed by atoms with van der Waals surface area (Å²) in [5.41, 5.74) is 6.94. The van der Waals surface area contributed by atoms with Crippen LogP contribution in [0.15, 0.2) is 30.7 Å². The number of hydrogen-bond acceptors (Lipinski definition) is 6. The molecule has 0 aliphatic rings. The number of pyridine rings is 1. The first-order chi connectivity index (χ1) is 10.1. The first-order valence-electron chi connectivity index (χ1n) is 6.54. The maximum Gasteiger partial charge on any atom is 0.256 e. The first-order valence-corrected chi connectivity index (χ1v) is 6.54. The van der Waals surface area contributed by atoms with Gasteiger partial charge in [-0.1, -0.05) is 0 Å². The molecule has 0 saturated carbocycles. The SMILES string of the molecule is CN(C)CCNC(=O)c1cnc(-c2ccncc2)nc1N. The lowest BCUT2D eigenvalue weighted by Gasteiger charge is -2.11. The number of carbonyl (C=O) groups excluding carboxylic acids is 1. The predicted octanol–water partition coefficient (Wildman–Crippen LogP) is 0.412. The monoisotopic (exact) mass is 286 g/mol. The normalized spacial score (nSPS) is 10.6. The van der Waals surface area contributed by atoms with E-state index in [1.165, 1.54) is 6.20 Å². The van der Waals surface area contributed by atoms with E-state index in [0.717, 1.165) is 12.1 Å². The van der Waals surface area contributed by atoms with Crippen molar-refractivity contribution in [2.75, 3.05) is 32.9 Å². The third-order valence-electron chi connectivity index (χ3n) is 2.85. The maximum absolute atomic E-state index is 12.0. The zero-order valence-electron chi connectivity index (χ0n) is 12.1. The molecule has 2 aromatic rings. The van der Waals surface area contributed by atoms with E-state index in [1.54, 1.807) is 24.5 Å². The number of nitrogen functional groups attached to an aromatic ring is 1. The predicted molar refractivity (Wildman–Crippen MR) is 80.6 cm³/mol. The van der Waals surface area contributed by atoms with Crippen LogP contribution in [0.3, 0.4) is 0 Å². The summed E-state index contributed by atoms with van der Waals surface area (Å²) in [6.07, 6.45) is 4.75. The van der Waals surface area contributed by atoms with E-state index in [-0.39, 0.29) is 17.3 Å². The van der Waals surface area contributed by atoms with Crippen molar-refractivity contribution in [1.82, 2.24) is 25.2 Å². The average Bonchev–Trinajstić information content (AvgIpc) is 2.47. The zero-order chi connectivity index (χ0) is 15.2. The smallest absolute Gasteiger partial charge is 0.256 e. The second-order valence-electron chi connectivity index (χ2n) is 4.79. The fraction of sp³-hybridized carbons (Fsp3) is 0.286. The van der Waals surface area contributed by atoms with Gasteiger partial charge < -0.3 is 16.0 Å². The Morgan fingerprint density at radius 3 is 2.67 bits per heavy atom. The van der Waals surface area contributed by atoms with Gasteiger partial charge in [-0.2, -0.15) is 0 Å². The van der Waals surface area contributed by atoms with Crippen LogP contribution >= 0.6 is 0 Å². The molecule has 2 aromatic heterocycles. The molecular weight excluding hydrogens is 268 g/mol. The van der Waals surface area contributed by atoms with Crippen molar-refractivity contribution in [2.24, 2.45) is 0 Å². The molecule has 0 radical (unpaired) electrons. The van der Waals surface area contributed by atoms with Crippen molar-refractivity contribution < 1.29 is 4.79 Å². The van der Waals surface area contributed by atoms with Crippen LogP contribution in [0.4, 0.5) is 5.82 Å². The van der Waals surface area contributed by atoms with Crippen molar-refractivity contribution in [3.8, 4) is 11.4 Å². The lowest BCUT2D eigenvalue weighted by Crippen LogP contribution is -2.32. The van der Waals surface area contributed by atoms with Crippen LogP contribution in [-0.2, 0) is 0 Å². The molecular formula is C14H18N6O. The van der Waals surface area contributed by atoms with E-state index in [0.29, 0.717) is 12.4 Å². The molecule has 0 unspecified atom stereocenters. The summed E-state index contributed by atoms with van der Waals surface area (Å²) in [6, 6.07) is 3.57. The second kappa shape index (κ2) is 6.76. The second-order valence-corrected chi connectivity index (χ2v) is 4.79. The number of hydrogen-bond donors (Lipinski definition) is 2. The molecule has 0 aliphatic heterocycles. The Bertz CT molecular complexity index is 614. The fourth-order valence-corrected chi connectivity index (χ4v) is 1.70. The summed E-state index contributed by atoms with van der Waals surface area (Å²) in [6.45, 7) is 1.29. The molecule has 0 saturated heterocycles. The van der Waals surface area contributed by atoms with Gasteiger partial charge in [0.2, 0.25) is 0 Å². The van der Waals surface area contributed by atoms with Gasteiger partial charge in [0.1, 0.15) is 5.82 Å². The van der Waals surface area contributed by atoms with E-state index in [1.807, 2.05) is 19.0 Å². The Labute approximate surface area is 123 Å². The highest BCUT2D eigenvalue weighted by molar-refractivity contribution is 5.98. The van der Waals surface area contributed by atoms with Gasteiger partial charge in [-0.3, -0.25) is 9.78 Å². The van der Waals surface area contributed by atoms with Gasteiger partial charge in [-0.05, 0) is 26.2 Å². The van der Waals surface area contributed by atoms with Crippen LogP contribution in [-0.4, -0.2) is 52.9 Å². The molecule has 2 heterocycles. The number of nitrogens with one attached hydrogen (secondary N) is 1. The third-order valence-corrected chi connectivity index (χ3v) is 2.85. The van der Waals surface area contributed by atoms with Gasteiger partial charge in [-0.15, -0.1) is 0 Å². The Morgan fingerprint density at radius 1 is 1.33 bits per heavy atom. The van der Waals surface area contributed by atoms with E-state index >= 15 is 0 Å². The van der Waals surface area contributed by atoms with Crippen LogP contribution in [0.5, 0.6) is 0 Å². The summed E-state index contributed by atoms with van der Waals surface area (Å²) >= 11 is 0. The summed E-state index contributed by atoms with van der Waals surface area (Å²) < 4.78 is 0. The quantitative estimate of drug-likeness (QED) is 0.826. The van der Waals surface area contributed by atoms with Crippen molar-refractivity contribution in [1.29, 1.82) is 0 Å². The van der Waals surface area contributed by atoms with Crippen molar-refractivity contribution in [3.05, 3.63) is 36.3 Å². The summed E-state index contributed by atoms with van der Waals surface area (Å²) in [4.78, 5) is 26.3. The molecule has 0 atom stereocenters. The first kappa shape index (κ1) is 14.9. The number of anilines is 1. The molecule has 2 rings (SSSR count). The van der Waals surface area contributed by atoms with Crippen LogP contribution in [0.1, 0.15) is 10.4 Å². The number of amides is 1. The highest BCUT2D eigenvalue weighted by Gasteiger charge is 2.12. The van der Waals surface area contributed by atoms with Crippen LogP contribution in [0.2, 0.25) is 0 Å². The number of carbonyl (C=O) groups is 1. The zero-order valence-corrected chi connectivity index (χ0v) is 12.1. The van der Waals surface area contributed by atoms with Crippen molar-refractivity contribution >= 4 is 11.7 Å². The molecule has 7 nitrogen and oxygen atoms in total. The molecule has 110 valence electrons. The number of aromatic nitrogens is 3. The largest absolute Gasteiger partial charge is 0.383 e. The molecule has 1 amide bonds. The Balaban J connectivity index is 2.11. The molecule has 7 heteroatoms. The third kappa shape index (κ3) is 3.96. The van der Waals surface area contributed by atoms with Gasteiger partial charge >= 0.3 is 0 Å². The topological polar surface area (TPSA) is 97.0 Å². The average molecular weight is 286 g/mol. The molecule has 0 bridgehead atoms. The minimum atomic E-state index is -0.268. The number of nitrogens with zero attached hydrogens (tertiary/aromatic N) is 4. The number of likely N-dealkylation sites (N-methyl/N-ethyl adjacent to an activating group) is 1. The van der Waals surface area contributed by atoms with E-state index < -0.39 is 0 Å². The van der Waals surface area contributed by atoms with Crippen LogP contribution in [0.25, 0.3) is 11.4 Å². The maximum atomic E-state index is 12.0. The lowest BCUT2D eigenvalue weighted by molar-refractivity contribution is 0.0951. The van der Waals surface area contributed by atoms with E-state index in [2.05, 4.69) is 20.3 Å². The van der Waals surface area contributed by atoms with E-state index in [4.69, 9.17) is 5.73 Å². The molecule has 0 aromatic carbocycles. The van der Waals surface area contributed by atoms with Crippen molar-refractivity contribution in [2.45, 2.75) is 0 Å². The standard InChI is InChI=1S/C14H18N6O/c1-20(2)8-7-17-14(21)11-9-18-13(19-12(11)15)10-3-5-16-6-4-10/h3-6,9H,7-8H2,1-2H3,(H,17,21)(H2,15,18,19).